The molecule has 1 aliphatic carbocycles. The summed E-state index contributed by atoms with van der Waals surface area (Å²) in [6.45, 7) is 2.32. The zero-order valence-electron chi connectivity index (χ0n) is 13.2. The van der Waals surface area contributed by atoms with Gasteiger partial charge in [0.05, 0.1) is 7.11 Å². The van der Waals surface area contributed by atoms with Crippen molar-refractivity contribution in [3.05, 3.63) is 24.3 Å². The topological polar surface area (TPSA) is 38.8 Å². The van der Waals surface area contributed by atoms with Gasteiger partial charge in [-0.25, -0.2) is 0 Å². The Labute approximate surface area is 127 Å². The molecule has 1 saturated carbocycles. The zero-order valence-corrected chi connectivity index (χ0v) is 13.2. The van der Waals surface area contributed by atoms with E-state index in [1.807, 2.05) is 36.2 Å². The molecule has 2 rings (SSSR count). The van der Waals surface area contributed by atoms with Crippen LogP contribution in [0.2, 0.25) is 0 Å². The first-order valence-electron chi connectivity index (χ1n) is 7.64. The molecule has 1 amide bonds. The Balaban J connectivity index is 1.85. The lowest BCUT2D eigenvalue weighted by molar-refractivity contribution is -0.135. The molecule has 1 aliphatic rings. The first kappa shape index (κ1) is 15.7. The van der Waals surface area contributed by atoms with E-state index in [-0.39, 0.29) is 12.5 Å². The Morgan fingerprint density at radius 2 is 1.81 bits per heavy atom. The van der Waals surface area contributed by atoms with Crippen LogP contribution in [0.15, 0.2) is 24.3 Å². The molecule has 0 heterocycles. The maximum absolute atomic E-state index is 12.3. The van der Waals surface area contributed by atoms with Crippen molar-refractivity contribution in [3.63, 3.8) is 0 Å². The summed E-state index contributed by atoms with van der Waals surface area (Å²) in [5, 5.41) is 0. The molecule has 0 saturated heterocycles. The lowest BCUT2D eigenvalue weighted by atomic mass is 9.85. The molecule has 1 aromatic carbocycles. The second kappa shape index (κ2) is 7.34. The van der Waals surface area contributed by atoms with E-state index in [1.165, 1.54) is 19.3 Å². The molecule has 21 heavy (non-hydrogen) atoms. The average Bonchev–Trinajstić information content (AvgIpc) is 2.53. The van der Waals surface area contributed by atoms with Crippen LogP contribution >= 0.6 is 0 Å². The normalized spacial score (nSPS) is 21.7. The number of methoxy groups -OCH3 is 1. The molecule has 0 aliphatic heterocycles. The van der Waals surface area contributed by atoms with Crippen LogP contribution in [-0.2, 0) is 4.79 Å². The number of hydrogen-bond donors (Lipinski definition) is 0. The highest BCUT2D eigenvalue weighted by molar-refractivity contribution is 5.77. The van der Waals surface area contributed by atoms with Gasteiger partial charge in [-0.05, 0) is 43.0 Å². The van der Waals surface area contributed by atoms with E-state index >= 15 is 0 Å². The first-order chi connectivity index (χ1) is 10.1. The van der Waals surface area contributed by atoms with Gasteiger partial charge in [0.2, 0.25) is 0 Å². The van der Waals surface area contributed by atoms with Crippen molar-refractivity contribution < 1.29 is 14.3 Å². The summed E-state index contributed by atoms with van der Waals surface area (Å²) in [7, 11) is 3.52. The van der Waals surface area contributed by atoms with Crippen molar-refractivity contribution in [2.45, 2.75) is 38.6 Å². The fourth-order valence-electron chi connectivity index (χ4n) is 2.98. The summed E-state index contributed by atoms with van der Waals surface area (Å²) in [6.07, 6.45) is 4.81. The second-order valence-electron chi connectivity index (χ2n) is 5.80. The molecule has 1 fully saturated rings. The summed E-state index contributed by atoms with van der Waals surface area (Å²) in [6, 6.07) is 7.63. The van der Waals surface area contributed by atoms with E-state index in [1.54, 1.807) is 7.11 Å². The van der Waals surface area contributed by atoms with Crippen molar-refractivity contribution in [3.8, 4) is 11.5 Å². The van der Waals surface area contributed by atoms with Crippen molar-refractivity contribution >= 4 is 5.91 Å². The molecule has 2 unspecified atom stereocenters. The highest BCUT2D eigenvalue weighted by atomic mass is 16.5. The number of benzene rings is 1. The fraction of sp³-hybridized carbons (Fsp3) is 0.588. The highest BCUT2D eigenvalue weighted by Gasteiger charge is 2.27. The van der Waals surface area contributed by atoms with Crippen molar-refractivity contribution in [2.24, 2.45) is 5.92 Å². The maximum Gasteiger partial charge on any atom is 0.260 e. The molecule has 4 nitrogen and oxygen atoms in total. The van der Waals surface area contributed by atoms with Crippen LogP contribution in [0.1, 0.15) is 32.6 Å². The van der Waals surface area contributed by atoms with E-state index in [0.717, 1.165) is 12.2 Å². The van der Waals surface area contributed by atoms with Crippen molar-refractivity contribution in [2.75, 3.05) is 20.8 Å². The van der Waals surface area contributed by atoms with Crippen LogP contribution in [0.3, 0.4) is 0 Å². The molecular weight excluding hydrogens is 266 g/mol. The van der Waals surface area contributed by atoms with E-state index in [2.05, 4.69) is 6.92 Å². The molecule has 0 radical (unpaired) electrons. The van der Waals surface area contributed by atoms with Crippen molar-refractivity contribution in [1.82, 2.24) is 4.90 Å². The zero-order chi connectivity index (χ0) is 15.2. The molecule has 2 atom stereocenters. The Bertz CT molecular complexity index is 458. The number of likely N-dealkylation sites (N-methyl/N-ethyl adjacent to an activating group) is 1. The Kier molecular flexibility index (Phi) is 5.48. The Morgan fingerprint density at radius 1 is 1.19 bits per heavy atom. The van der Waals surface area contributed by atoms with Gasteiger partial charge in [0.15, 0.2) is 6.61 Å². The SMILES string of the molecule is COc1ccc(OCC(=O)N(C)C2CCCCC2C)cc1. The van der Waals surface area contributed by atoms with Gasteiger partial charge in [0.25, 0.3) is 5.91 Å². The number of nitrogens with zero attached hydrogens (tertiary/aromatic N) is 1. The van der Waals surface area contributed by atoms with E-state index in [9.17, 15) is 4.79 Å². The van der Waals surface area contributed by atoms with Gasteiger partial charge in [-0.2, -0.15) is 0 Å². The smallest absolute Gasteiger partial charge is 0.260 e. The monoisotopic (exact) mass is 291 g/mol. The third-order valence-electron chi connectivity index (χ3n) is 4.38. The predicted molar refractivity (Wildman–Crippen MR) is 82.7 cm³/mol. The Hall–Kier alpha value is -1.71. The second-order valence-corrected chi connectivity index (χ2v) is 5.80. The lowest BCUT2D eigenvalue weighted by Crippen LogP contribution is -2.44. The first-order valence-corrected chi connectivity index (χ1v) is 7.64. The van der Waals surface area contributed by atoms with Crippen LogP contribution in [0.4, 0.5) is 0 Å². The minimum atomic E-state index is 0.0459. The minimum Gasteiger partial charge on any atom is -0.497 e. The molecule has 0 N–H and O–H groups in total. The van der Waals surface area contributed by atoms with Gasteiger partial charge in [-0.3, -0.25) is 4.79 Å². The summed E-state index contributed by atoms with van der Waals surface area (Å²) < 4.78 is 10.7. The van der Waals surface area contributed by atoms with Gasteiger partial charge < -0.3 is 14.4 Å². The summed E-state index contributed by atoms with van der Waals surface area (Å²) >= 11 is 0. The van der Waals surface area contributed by atoms with Crippen LogP contribution < -0.4 is 9.47 Å². The van der Waals surface area contributed by atoms with Crippen LogP contribution in [-0.4, -0.2) is 37.6 Å². The van der Waals surface area contributed by atoms with Gasteiger partial charge in [0, 0.05) is 13.1 Å². The summed E-state index contributed by atoms with van der Waals surface area (Å²) in [4.78, 5) is 14.1. The number of carbonyl (C=O) groups is 1. The fourth-order valence-corrected chi connectivity index (χ4v) is 2.98. The van der Waals surface area contributed by atoms with Crippen molar-refractivity contribution in [1.29, 1.82) is 0 Å². The van der Waals surface area contributed by atoms with Gasteiger partial charge in [-0.15, -0.1) is 0 Å². The van der Waals surface area contributed by atoms with Gasteiger partial charge in [0.1, 0.15) is 11.5 Å². The molecular formula is C17H25NO3. The maximum atomic E-state index is 12.3. The third kappa shape index (κ3) is 4.13. The molecule has 0 bridgehead atoms. The Morgan fingerprint density at radius 3 is 2.43 bits per heavy atom. The van der Waals surface area contributed by atoms with Gasteiger partial charge >= 0.3 is 0 Å². The predicted octanol–water partition coefficient (Wildman–Crippen LogP) is 3.11. The average molecular weight is 291 g/mol. The van der Waals surface area contributed by atoms with E-state index < -0.39 is 0 Å². The third-order valence-corrected chi connectivity index (χ3v) is 4.38. The van der Waals surface area contributed by atoms with Crippen LogP contribution in [0, 0.1) is 5.92 Å². The lowest BCUT2D eigenvalue weighted by Gasteiger charge is -2.36. The number of hydrogen-bond acceptors (Lipinski definition) is 3. The minimum absolute atomic E-state index is 0.0459. The summed E-state index contributed by atoms with van der Waals surface area (Å²) in [5.74, 6) is 2.09. The molecule has 116 valence electrons. The van der Waals surface area contributed by atoms with Crippen LogP contribution in [0.5, 0.6) is 11.5 Å². The molecule has 4 heteroatoms. The number of ether oxygens (including phenoxy) is 2. The van der Waals surface area contributed by atoms with Gasteiger partial charge in [-0.1, -0.05) is 19.8 Å². The standard InChI is InChI=1S/C17H25NO3/c1-13-6-4-5-7-16(13)18(2)17(19)12-21-15-10-8-14(20-3)9-11-15/h8-11,13,16H,4-7,12H2,1-3H3. The van der Waals surface area contributed by atoms with Crippen LogP contribution in [0.25, 0.3) is 0 Å². The number of amides is 1. The quantitative estimate of drug-likeness (QED) is 0.836. The van der Waals surface area contributed by atoms with E-state index in [0.29, 0.717) is 17.7 Å². The molecule has 0 spiro atoms. The van der Waals surface area contributed by atoms with E-state index in [4.69, 9.17) is 9.47 Å². The number of carbonyl (C=O) groups excluding carboxylic acids is 1. The number of rotatable bonds is 5. The largest absolute Gasteiger partial charge is 0.497 e. The molecule has 0 aromatic heterocycles. The molecule has 1 aromatic rings. The summed E-state index contributed by atoms with van der Waals surface area (Å²) in [5.41, 5.74) is 0. The highest BCUT2D eigenvalue weighted by Crippen LogP contribution is 2.27.